The SMILES string of the molecule is CC1CCCC(C)N1Cc1ccc(N)c(Cl)c1. The number of hydrogen-bond donors (Lipinski definition) is 1. The highest BCUT2D eigenvalue weighted by Crippen LogP contribution is 2.26. The molecule has 2 N–H and O–H groups in total. The first-order valence-electron chi connectivity index (χ1n) is 6.37. The van der Waals surface area contributed by atoms with Gasteiger partial charge in [-0.1, -0.05) is 24.1 Å². The average molecular weight is 253 g/mol. The third-order valence-corrected chi connectivity index (χ3v) is 4.13. The lowest BCUT2D eigenvalue weighted by Gasteiger charge is -2.39. The highest BCUT2D eigenvalue weighted by molar-refractivity contribution is 6.33. The summed E-state index contributed by atoms with van der Waals surface area (Å²) in [5.74, 6) is 0. The molecule has 0 spiro atoms. The molecule has 0 bridgehead atoms. The molecule has 2 nitrogen and oxygen atoms in total. The number of benzene rings is 1. The molecule has 17 heavy (non-hydrogen) atoms. The van der Waals surface area contributed by atoms with Crippen LogP contribution in [0, 0.1) is 0 Å². The minimum Gasteiger partial charge on any atom is -0.398 e. The molecule has 94 valence electrons. The first kappa shape index (κ1) is 12.7. The van der Waals surface area contributed by atoms with Crippen LogP contribution in [-0.4, -0.2) is 17.0 Å². The molecule has 1 aromatic carbocycles. The van der Waals surface area contributed by atoms with Crippen molar-refractivity contribution in [3.05, 3.63) is 28.8 Å². The summed E-state index contributed by atoms with van der Waals surface area (Å²) >= 11 is 6.06. The van der Waals surface area contributed by atoms with Gasteiger partial charge >= 0.3 is 0 Å². The van der Waals surface area contributed by atoms with Gasteiger partial charge in [-0.15, -0.1) is 0 Å². The van der Waals surface area contributed by atoms with E-state index in [-0.39, 0.29) is 0 Å². The van der Waals surface area contributed by atoms with Crippen LogP contribution in [0.2, 0.25) is 5.02 Å². The topological polar surface area (TPSA) is 29.3 Å². The van der Waals surface area contributed by atoms with Crippen molar-refractivity contribution in [3.63, 3.8) is 0 Å². The van der Waals surface area contributed by atoms with Crippen LogP contribution in [0.1, 0.15) is 38.7 Å². The molecule has 1 aliphatic heterocycles. The molecular weight excluding hydrogens is 232 g/mol. The van der Waals surface area contributed by atoms with Crippen molar-refractivity contribution in [1.82, 2.24) is 4.90 Å². The van der Waals surface area contributed by atoms with Gasteiger partial charge in [0.15, 0.2) is 0 Å². The van der Waals surface area contributed by atoms with Crippen molar-refractivity contribution in [1.29, 1.82) is 0 Å². The molecule has 2 atom stereocenters. The van der Waals surface area contributed by atoms with Crippen molar-refractivity contribution in [3.8, 4) is 0 Å². The van der Waals surface area contributed by atoms with E-state index < -0.39 is 0 Å². The zero-order valence-corrected chi connectivity index (χ0v) is 11.4. The molecule has 1 aliphatic rings. The summed E-state index contributed by atoms with van der Waals surface area (Å²) in [5, 5.41) is 0.666. The third kappa shape index (κ3) is 2.93. The summed E-state index contributed by atoms with van der Waals surface area (Å²) in [5.41, 5.74) is 7.65. The van der Waals surface area contributed by atoms with Gasteiger partial charge in [-0.05, 0) is 44.4 Å². The number of anilines is 1. The molecule has 0 aromatic heterocycles. The van der Waals surface area contributed by atoms with Gasteiger partial charge in [0.1, 0.15) is 0 Å². The van der Waals surface area contributed by atoms with E-state index in [1.165, 1.54) is 24.8 Å². The third-order valence-electron chi connectivity index (χ3n) is 3.81. The first-order valence-corrected chi connectivity index (χ1v) is 6.75. The van der Waals surface area contributed by atoms with Crippen molar-refractivity contribution in [2.45, 2.75) is 51.7 Å². The van der Waals surface area contributed by atoms with E-state index in [0.717, 1.165) is 6.54 Å². The van der Waals surface area contributed by atoms with Gasteiger partial charge in [-0.2, -0.15) is 0 Å². The molecule has 0 aliphatic carbocycles. The summed E-state index contributed by atoms with van der Waals surface area (Å²) in [4.78, 5) is 2.56. The van der Waals surface area contributed by atoms with Gasteiger partial charge in [0.05, 0.1) is 10.7 Å². The van der Waals surface area contributed by atoms with Gasteiger partial charge in [0.25, 0.3) is 0 Å². The molecule has 2 unspecified atom stereocenters. The van der Waals surface area contributed by atoms with Crippen molar-refractivity contribution < 1.29 is 0 Å². The molecule has 1 aromatic rings. The fourth-order valence-corrected chi connectivity index (χ4v) is 2.87. The molecule has 3 heteroatoms. The average Bonchev–Trinajstić information content (AvgIpc) is 2.28. The van der Waals surface area contributed by atoms with E-state index in [0.29, 0.717) is 22.8 Å². The lowest BCUT2D eigenvalue weighted by molar-refractivity contribution is 0.0953. The summed E-state index contributed by atoms with van der Waals surface area (Å²) in [6.07, 6.45) is 3.95. The lowest BCUT2D eigenvalue weighted by Crippen LogP contribution is -2.42. The highest BCUT2D eigenvalue weighted by atomic mass is 35.5. The molecule has 2 rings (SSSR count). The minimum absolute atomic E-state index is 0.662. The van der Waals surface area contributed by atoms with Crippen LogP contribution in [0.3, 0.4) is 0 Å². The Hall–Kier alpha value is -0.730. The Labute approximate surface area is 109 Å². The van der Waals surface area contributed by atoms with Gasteiger partial charge in [0.2, 0.25) is 0 Å². The maximum atomic E-state index is 6.06. The normalized spacial score (nSPS) is 26.1. The predicted octanol–water partition coefficient (Wildman–Crippen LogP) is 3.69. The van der Waals surface area contributed by atoms with E-state index >= 15 is 0 Å². The summed E-state index contributed by atoms with van der Waals surface area (Å²) < 4.78 is 0. The molecule has 0 radical (unpaired) electrons. The number of hydrogen-bond acceptors (Lipinski definition) is 2. The van der Waals surface area contributed by atoms with E-state index in [1.54, 1.807) is 0 Å². The van der Waals surface area contributed by atoms with Crippen molar-refractivity contribution in [2.24, 2.45) is 0 Å². The number of halogens is 1. The first-order chi connectivity index (χ1) is 8.08. The number of rotatable bonds is 2. The van der Waals surface area contributed by atoms with Crippen LogP contribution in [0.25, 0.3) is 0 Å². The number of nitrogen functional groups attached to an aromatic ring is 1. The maximum Gasteiger partial charge on any atom is 0.0638 e. The second kappa shape index (κ2) is 5.28. The van der Waals surface area contributed by atoms with Crippen molar-refractivity contribution in [2.75, 3.05) is 5.73 Å². The second-order valence-corrected chi connectivity index (χ2v) is 5.56. The molecule has 0 amide bonds. The quantitative estimate of drug-likeness (QED) is 0.814. The van der Waals surface area contributed by atoms with E-state index in [4.69, 9.17) is 17.3 Å². The number of piperidine rings is 1. The molecule has 1 heterocycles. The minimum atomic E-state index is 0.662. The van der Waals surface area contributed by atoms with Crippen LogP contribution < -0.4 is 5.73 Å². The monoisotopic (exact) mass is 252 g/mol. The van der Waals surface area contributed by atoms with Crippen LogP contribution >= 0.6 is 11.6 Å². The lowest BCUT2D eigenvalue weighted by atomic mass is 9.97. The molecular formula is C14H21ClN2. The van der Waals surface area contributed by atoms with Gasteiger partial charge < -0.3 is 5.73 Å². The zero-order valence-electron chi connectivity index (χ0n) is 10.6. The van der Waals surface area contributed by atoms with Gasteiger partial charge in [-0.25, -0.2) is 0 Å². The highest BCUT2D eigenvalue weighted by Gasteiger charge is 2.24. The van der Waals surface area contributed by atoms with Crippen LogP contribution in [0.15, 0.2) is 18.2 Å². The Kier molecular flexibility index (Phi) is 3.95. The largest absolute Gasteiger partial charge is 0.398 e. The maximum absolute atomic E-state index is 6.06. The Morgan fingerprint density at radius 2 is 1.94 bits per heavy atom. The molecule has 1 saturated heterocycles. The molecule has 1 fully saturated rings. The Balaban J connectivity index is 2.10. The van der Waals surface area contributed by atoms with Crippen LogP contribution in [0.5, 0.6) is 0 Å². The van der Waals surface area contributed by atoms with Gasteiger partial charge in [0, 0.05) is 18.6 Å². The fraction of sp³-hybridized carbons (Fsp3) is 0.571. The number of nitrogens with zero attached hydrogens (tertiary/aromatic N) is 1. The standard InChI is InChI=1S/C14H21ClN2/c1-10-4-3-5-11(2)17(10)9-12-6-7-14(16)13(15)8-12/h6-8,10-11H,3-5,9,16H2,1-2H3. The Morgan fingerprint density at radius 1 is 1.29 bits per heavy atom. The number of nitrogens with two attached hydrogens (primary N) is 1. The Morgan fingerprint density at radius 3 is 2.53 bits per heavy atom. The zero-order chi connectivity index (χ0) is 12.4. The van der Waals surface area contributed by atoms with Crippen LogP contribution in [-0.2, 0) is 6.54 Å². The summed E-state index contributed by atoms with van der Waals surface area (Å²) in [6, 6.07) is 7.29. The number of likely N-dealkylation sites (tertiary alicyclic amines) is 1. The molecule has 0 saturated carbocycles. The van der Waals surface area contributed by atoms with Crippen LogP contribution in [0.4, 0.5) is 5.69 Å². The van der Waals surface area contributed by atoms with E-state index in [2.05, 4.69) is 24.8 Å². The van der Waals surface area contributed by atoms with E-state index in [9.17, 15) is 0 Å². The summed E-state index contributed by atoms with van der Waals surface area (Å²) in [6.45, 7) is 5.60. The fourth-order valence-electron chi connectivity index (χ4n) is 2.67. The Bertz CT molecular complexity index is 382. The second-order valence-electron chi connectivity index (χ2n) is 5.16. The van der Waals surface area contributed by atoms with E-state index in [1.807, 2.05) is 12.1 Å². The van der Waals surface area contributed by atoms with Crippen molar-refractivity contribution >= 4 is 17.3 Å². The summed E-state index contributed by atoms with van der Waals surface area (Å²) in [7, 11) is 0. The smallest absolute Gasteiger partial charge is 0.0638 e. The predicted molar refractivity (Wildman–Crippen MR) is 74.2 cm³/mol. The van der Waals surface area contributed by atoms with Gasteiger partial charge in [-0.3, -0.25) is 4.90 Å².